The van der Waals surface area contributed by atoms with E-state index in [1.54, 1.807) is 6.20 Å². The molecule has 23 heavy (non-hydrogen) atoms. The smallest absolute Gasteiger partial charge is 0.221 e. The predicted molar refractivity (Wildman–Crippen MR) is 85.7 cm³/mol. The summed E-state index contributed by atoms with van der Waals surface area (Å²) in [7, 11) is 0. The zero-order valence-corrected chi connectivity index (χ0v) is 13.4. The van der Waals surface area contributed by atoms with E-state index in [1.807, 2.05) is 18.2 Å². The number of ether oxygens (including phenoxy) is 1. The number of amides is 1. The highest BCUT2D eigenvalue weighted by Gasteiger charge is 2.36. The van der Waals surface area contributed by atoms with Crippen LogP contribution in [-0.2, 0) is 9.53 Å². The predicted octanol–water partition coefficient (Wildman–Crippen LogP) is 0.732. The second kappa shape index (κ2) is 7.86. The van der Waals surface area contributed by atoms with E-state index in [9.17, 15) is 9.90 Å². The Bertz CT molecular complexity index is 499. The molecule has 6 heteroatoms. The van der Waals surface area contributed by atoms with Crippen LogP contribution in [0.5, 0.6) is 0 Å². The van der Waals surface area contributed by atoms with Crippen LogP contribution in [0.15, 0.2) is 24.4 Å². The lowest BCUT2D eigenvalue weighted by Gasteiger charge is -2.37. The van der Waals surface area contributed by atoms with E-state index >= 15 is 0 Å². The van der Waals surface area contributed by atoms with Crippen molar-refractivity contribution in [2.75, 3.05) is 32.8 Å². The molecule has 2 aliphatic rings. The van der Waals surface area contributed by atoms with Gasteiger partial charge in [0.1, 0.15) is 0 Å². The van der Waals surface area contributed by atoms with Crippen LogP contribution in [0.25, 0.3) is 0 Å². The summed E-state index contributed by atoms with van der Waals surface area (Å²) >= 11 is 0. The zero-order valence-electron chi connectivity index (χ0n) is 13.4. The number of aliphatic hydroxyl groups is 1. The molecule has 1 saturated carbocycles. The normalized spacial score (nSPS) is 26.3. The zero-order chi connectivity index (χ0) is 16.1. The van der Waals surface area contributed by atoms with E-state index in [0.717, 1.165) is 51.4 Å². The lowest BCUT2D eigenvalue weighted by atomic mass is 9.76. The van der Waals surface area contributed by atoms with Crippen molar-refractivity contribution in [3.8, 4) is 0 Å². The molecule has 0 radical (unpaired) electrons. The van der Waals surface area contributed by atoms with Gasteiger partial charge in [0.15, 0.2) is 0 Å². The number of pyridine rings is 1. The van der Waals surface area contributed by atoms with E-state index in [-0.39, 0.29) is 24.0 Å². The van der Waals surface area contributed by atoms with Crippen LogP contribution in [0.2, 0.25) is 0 Å². The van der Waals surface area contributed by atoms with Crippen LogP contribution in [0, 0.1) is 5.92 Å². The van der Waals surface area contributed by atoms with Crippen molar-refractivity contribution in [3.05, 3.63) is 30.1 Å². The van der Waals surface area contributed by atoms with Gasteiger partial charge in [-0.3, -0.25) is 14.7 Å². The van der Waals surface area contributed by atoms with Crippen LogP contribution < -0.4 is 5.32 Å². The fourth-order valence-corrected chi connectivity index (χ4v) is 3.23. The molecule has 1 saturated heterocycles. The van der Waals surface area contributed by atoms with Gasteiger partial charge in [-0.2, -0.15) is 0 Å². The van der Waals surface area contributed by atoms with Crippen molar-refractivity contribution in [1.29, 1.82) is 0 Å². The SMILES string of the molecule is O=C(CCN1CCOCC1)N[C@@H](c1ccccn1)C1CC(O)C1. The lowest BCUT2D eigenvalue weighted by molar-refractivity contribution is -0.123. The molecule has 0 unspecified atom stereocenters. The molecule has 3 rings (SSSR count). The second-order valence-corrected chi connectivity index (χ2v) is 6.39. The monoisotopic (exact) mass is 319 g/mol. The van der Waals surface area contributed by atoms with Gasteiger partial charge in [0.05, 0.1) is 31.1 Å². The molecule has 6 nitrogen and oxygen atoms in total. The molecule has 1 atom stereocenters. The standard InChI is InChI=1S/C17H25N3O3/c21-14-11-13(12-14)17(15-3-1-2-5-18-15)19-16(22)4-6-20-7-9-23-10-8-20/h1-3,5,13-14,17,21H,4,6-12H2,(H,19,22)/t13?,14?,17-/m1/s1. The van der Waals surface area contributed by atoms with Crippen molar-refractivity contribution in [1.82, 2.24) is 15.2 Å². The van der Waals surface area contributed by atoms with Gasteiger partial charge in [0.2, 0.25) is 5.91 Å². The number of aliphatic hydroxyl groups excluding tert-OH is 1. The van der Waals surface area contributed by atoms with Gasteiger partial charge in [-0.05, 0) is 30.9 Å². The summed E-state index contributed by atoms with van der Waals surface area (Å²) in [5.74, 6) is 0.320. The highest BCUT2D eigenvalue weighted by Crippen LogP contribution is 2.37. The molecular formula is C17H25N3O3. The Hall–Kier alpha value is -1.50. The highest BCUT2D eigenvalue weighted by atomic mass is 16.5. The molecular weight excluding hydrogens is 294 g/mol. The molecule has 1 aromatic rings. The Labute approximate surface area is 136 Å². The van der Waals surface area contributed by atoms with E-state index in [2.05, 4.69) is 15.2 Å². The average molecular weight is 319 g/mol. The summed E-state index contributed by atoms with van der Waals surface area (Å²) in [5.41, 5.74) is 0.879. The fraction of sp³-hybridized carbons (Fsp3) is 0.647. The van der Waals surface area contributed by atoms with Crippen molar-refractivity contribution >= 4 is 5.91 Å². The third kappa shape index (κ3) is 4.50. The number of nitrogens with one attached hydrogen (secondary N) is 1. The number of carbonyl (C=O) groups is 1. The van der Waals surface area contributed by atoms with Crippen LogP contribution >= 0.6 is 0 Å². The number of rotatable bonds is 6. The molecule has 1 aliphatic heterocycles. The number of morpholine rings is 1. The van der Waals surface area contributed by atoms with E-state index in [4.69, 9.17) is 4.74 Å². The third-order valence-electron chi connectivity index (χ3n) is 4.70. The Morgan fingerprint density at radius 2 is 2.17 bits per heavy atom. The summed E-state index contributed by atoms with van der Waals surface area (Å²) < 4.78 is 5.32. The van der Waals surface area contributed by atoms with Crippen LogP contribution in [0.1, 0.15) is 31.0 Å². The van der Waals surface area contributed by atoms with Crippen LogP contribution in [-0.4, -0.2) is 59.8 Å². The van der Waals surface area contributed by atoms with Gasteiger partial charge >= 0.3 is 0 Å². The molecule has 2 fully saturated rings. The van der Waals surface area contributed by atoms with Crippen molar-refractivity contribution in [2.45, 2.75) is 31.4 Å². The summed E-state index contributed by atoms with van der Waals surface area (Å²) in [6.45, 7) is 4.05. The second-order valence-electron chi connectivity index (χ2n) is 6.39. The number of aromatic nitrogens is 1. The highest BCUT2D eigenvalue weighted by molar-refractivity contribution is 5.76. The van der Waals surface area contributed by atoms with Gasteiger partial charge in [0.25, 0.3) is 0 Å². The third-order valence-corrected chi connectivity index (χ3v) is 4.70. The first kappa shape index (κ1) is 16.4. The maximum Gasteiger partial charge on any atom is 0.221 e. The minimum absolute atomic E-state index is 0.0496. The summed E-state index contributed by atoms with van der Waals surface area (Å²) in [4.78, 5) is 19.0. The van der Waals surface area contributed by atoms with Gasteiger partial charge in [-0.25, -0.2) is 0 Å². The molecule has 2 N–H and O–H groups in total. The topological polar surface area (TPSA) is 74.7 Å². The first-order valence-electron chi connectivity index (χ1n) is 8.41. The van der Waals surface area contributed by atoms with Crippen molar-refractivity contribution in [3.63, 3.8) is 0 Å². The molecule has 1 aromatic heterocycles. The molecule has 1 amide bonds. The minimum atomic E-state index is -0.239. The van der Waals surface area contributed by atoms with E-state index < -0.39 is 0 Å². The molecule has 0 aromatic carbocycles. The van der Waals surface area contributed by atoms with Crippen LogP contribution in [0.3, 0.4) is 0 Å². The number of hydrogen-bond donors (Lipinski definition) is 2. The molecule has 0 spiro atoms. The van der Waals surface area contributed by atoms with Gasteiger partial charge in [-0.1, -0.05) is 6.07 Å². The van der Waals surface area contributed by atoms with Gasteiger partial charge in [0, 0.05) is 32.3 Å². The number of nitrogens with zero attached hydrogens (tertiary/aromatic N) is 2. The van der Waals surface area contributed by atoms with Gasteiger partial charge in [-0.15, -0.1) is 0 Å². The summed E-state index contributed by atoms with van der Waals surface area (Å²) in [5, 5.41) is 12.7. The summed E-state index contributed by atoms with van der Waals surface area (Å²) in [6.07, 6.45) is 3.45. The Kier molecular flexibility index (Phi) is 5.59. The Balaban J connectivity index is 1.54. The average Bonchev–Trinajstić information content (AvgIpc) is 2.57. The van der Waals surface area contributed by atoms with Crippen LogP contribution in [0.4, 0.5) is 0 Å². The quantitative estimate of drug-likeness (QED) is 0.809. The Morgan fingerprint density at radius 3 is 2.83 bits per heavy atom. The first-order valence-corrected chi connectivity index (χ1v) is 8.41. The largest absolute Gasteiger partial charge is 0.393 e. The maximum absolute atomic E-state index is 12.3. The summed E-state index contributed by atoms with van der Waals surface area (Å²) in [6, 6.07) is 5.65. The van der Waals surface area contributed by atoms with E-state index in [0.29, 0.717) is 6.42 Å². The Morgan fingerprint density at radius 1 is 1.39 bits per heavy atom. The fourth-order valence-electron chi connectivity index (χ4n) is 3.23. The van der Waals surface area contributed by atoms with Crippen molar-refractivity contribution < 1.29 is 14.6 Å². The minimum Gasteiger partial charge on any atom is -0.393 e. The first-order chi connectivity index (χ1) is 11.2. The molecule has 1 aliphatic carbocycles. The van der Waals surface area contributed by atoms with Crippen molar-refractivity contribution in [2.24, 2.45) is 5.92 Å². The maximum atomic E-state index is 12.3. The molecule has 126 valence electrons. The number of hydrogen-bond acceptors (Lipinski definition) is 5. The lowest BCUT2D eigenvalue weighted by Crippen LogP contribution is -2.43. The van der Waals surface area contributed by atoms with E-state index in [1.165, 1.54) is 0 Å². The van der Waals surface area contributed by atoms with Gasteiger partial charge < -0.3 is 15.2 Å². The number of carbonyl (C=O) groups excluding carboxylic acids is 1. The molecule has 0 bridgehead atoms. The molecule has 2 heterocycles.